The minimum Gasteiger partial charge on any atom is -0.371 e. The Labute approximate surface area is 153 Å². The van der Waals surface area contributed by atoms with E-state index in [1.54, 1.807) is 12.1 Å². The molecule has 140 valence electrons. The van der Waals surface area contributed by atoms with Crippen molar-refractivity contribution in [2.75, 3.05) is 24.5 Å². The van der Waals surface area contributed by atoms with Crippen LogP contribution in [-0.4, -0.2) is 43.4 Å². The van der Waals surface area contributed by atoms with E-state index in [0.717, 1.165) is 37.9 Å². The molecular formula is C19H26N4O3. The Kier molecular flexibility index (Phi) is 5.75. The molecule has 0 aliphatic carbocycles. The number of rotatable bonds is 4. The van der Waals surface area contributed by atoms with Crippen LogP contribution in [0.15, 0.2) is 24.3 Å². The van der Waals surface area contributed by atoms with Crippen LogP contribution in [0.5, 0.6) is 0 Å². The summed E-state index contributed by atoms with van der Waals surface area (Å²) in [4.78, 5) is 37.9. The third kappa shape index (κ3) is 4.33. The molecule has 3 amide bonds. The fraction of sp³-hybridized carbons (Fsp3) is 0.526. The molecule has 7 heteroatoms. The summed E-state index contributed by atoms with van der Waals surface area (Å²) in [5, 5.41) is 5.64. The highest BCUT2D eigenvalue weighted by Crippen LogP contribution is 2.23. The fourth-order valence-corrected chi connectivity index (χ4v) is 3.59. The fourth-order valence-electron chi connectivity index (χ4n) is 3.59. The molecule has 2 aliphatic rings. The second kappa shape index (κ2) is 8.21. The molecule has 1 aromatic rings. The smallest absolute Gasteiger partial charge is 0.251 e. The maximum Gasteiger partial charge on any atom is 0.251 e. The number of carbonyl (C=O) groups is 3. The number of nitrogens with two attached hydrogens (primary N) is 1. The van der Waals surface area contributed by atoms with E-state index in [1.165, 1.54) is 0 Å². The van der Waals surface area contributed by atoms with E-state index in [-0.39, 0.29) is 23.6 Å². The zero-order chi connectivity index (χ0) is 18.5. The van der Waals surface area contributed by atoms with Crippen LogP contribution in [0.3, 0.4) is 0 Å². The standard InChI is InChI=1S/C19H26N4O3/c20-17(24)14-4-3-11-23(12-14)15-8-6-13(7-9-15)18(25)22-16-5-1-2-10-21-19(16)26/h6-9,14,16H,1-5,10-12H2,(H2,20,24)(H,21,26)(H,22,25)/t14-,16+/m1/s1. The quantitative estimate of drug-likeness (QED) is 0.740. The zero-order valence-electron chi connectivity index (χ0n) is 14.9. The first-order valence-corrected chi connectivity index (χ1v) is 9.27. The summed E-state index contributed by atoms with van der Waals surface area (Å²) < 4.78 is 0. The van der Waals surface area contributed by atoms with Gasteiger partial charge in [0, 0.05) is 30.9 Å². The van der Waals surface area contributed by atoms with Crippen molar-refractivity contribution in [1.29, 1.82) is 0 Å². The van der Waals surface area contributed by atoms with Crippen molar-refractivity contribution in [3.8, 4) is 0 Å². The van der Waals surface area contributed by atoms with Crippen molar-refractivity contribution in [1.82, 2.24) is 10.6 Å². The summed E-state index contributed by atoms with van der Waals surface area (Å²) in [6, 6.07) is 6.81. The number of piperidine rings is 1. The van der Waals surface area contributed by atoms with Crippen molar-refractivity contribution >= 4 is 23.4 Å². The zero-order valence-corrected chi connectivity index (χ0v) is 14.9. The topological polar surface area (TPSA) is 105 Å². The molecule has 2 aliphatic heterocycles. The molecule has 2 saturated heterocycles. The molecule has 2 fully saturated rings. The number of hydrogen-bond donors (Lipinski definition) is 3. The molecule has 3 rings (SSSR count). The summed E-state index contributed by atoms with van der Waals surface area (Å²) in [7, 11) is 0. The van der Waals surface area contributed by atoms with Crippen LogP contribution in [0.2, 0.25) is 0 Å². The monoisotopic (exact) mass is 358 g/mol. The predicted octanol–water partition coefficient (Wildman–Crippen LogP) is 0.787. The number of anilines is 1. The van der Waals surface area contributed by atoms with Gasteiger partial charge in [-0.1, -0.05) is 0 Å². The number of hydrogen-bond acceptors (Lipinski definition) is 4. The highest BCUT2D eigenvalue weighted by Gasteiger charge is 2.25. The Hall–Kier alpha value is -2.57. The molecule has 0 aromatic heterocycles. The van der Waals surface area contributed by atoms with Gasteiger partial charge >= 0.3 is 0 Å². The minimum atomic E-state index is -0.469. The molecule has 2 heterocycles. The summed E-state index contributed by atoms with van der Waals surface area (Å²) in [6.07, 6.45) is 4.27. The number of nitrogens with zero attached hydrogens (tertiary/aromatic N) is 1. The Morgan fingerprint density at radius 1 is 1.12 bits per heavy atom. The van der Waals surface area contributed by atoms with Gasteiger partial charge in [0.25, 0.3) is 5.91 Å². The maximum absolute atomic E-state index is 12.4. The van der Waals surface area contributed by atoms with Crippen LogP contribution in [-0.2, 0) is 9.59 Å². The molecule has 2 atom stereocenters. The third-order valence-corrected chi connectivity index (χ3v) is 5.16. The maximum atomic E-state index is 12.4. The molecule has 7 nitrogen and oxygen atoms in total. The lowest BCUT2D eigenvalue weighted by atomic mass is 9.97. The summed E-state index contributed by atoms with van der Waals surface area (Å²) in [5.74, 6) is -0.738. The summed E-state index contributed by atoms with van der Waals surface area (Å²) in [5.41, 5.74) is 6.93. The van der Waals surface area contributed by atoms with Crippen LogP contribution in [0.1, 0.15) is 42.5 Å². The van der Waals surface area contributed by atoms with E-state index >= 15 is 0 Å². The van der Waals surface area contributed by atoms with Gasteiger partial charge < -0.3 is 21.3 Å². The van der Waals surface area contributed by atoms with Gasteiger partial charge in [0.1, 0.15) is 6.04 Å². The van der Waals surface area contributed by atoms with Crippen molar-refractivity contribution in [3.63, 3.8) is 0 Å². The van der Waals surface area contributed by atoms with Crippen molar-refractivity contribution in [3.05, 3.63) is 29.8 Å². The highest BCUT2D eigenvalue weighted by atomic mass is 16.2. The SMILES string of the molecule is NC(=O)[C@@H]1CCCN(c2ccc(C(=O)N[C@H]3CCCCNC3=O)cc2)C1. The van der Waals surface area contributed by atoms with Crippen molar-refractivity contribution < 1.29 is 14.4 Å². The van der Waals surface area contributed by atoms with E-state index in [0.29, 0.717) is 25.1 Å². The minimum absolute atomic E-state index is 0.113. The van der Waals surface area contributed by atoms with E-state index in [4.69, 9.17) is 5.73 Å². The van der Waals surface area contributed by atoms with Gasteiger partial charge in [-0.15, -0.1) is 0 Å². The largest absolute Gasteiger partial charge is 0.371 e. The van der Waals surface area contributed by atoms with Gasteiger partial charge in [-0.3, -0.25) is 14.4 Å². The third-order valence-electron chi connectivity index (χ3n) is 5.16. The van der Waals surface area contributed by atoms with Crippen LogP contribution in [0, 0.1) is 5.92 Å². The Bertz CT molecular complexity index is 674. The molecule has 1 aromatic carbocycles. The lowest BCUT2D eigenvalue weighted by molar-refractivity contribution is -0.123. The first-order valence-electron chi connectivity index (χ1n) is 9.27. The van der Waals surface area contributed by atoms with Gasteiger partial charge in [-0.05, 0) is 56.4 Å². The van der Waals surface area contributed by atoms with E-state index < -0.39 is 6.04 Å². The highest BCUT2D eigenvalue weighted by molar-refractivity contribution is 5.97. The molecule has 4 N–H and O–H groups in total. The average molecular weight is 358 g/mol. The average Bonchev–Trinajstić information content (AvgIpc) is 2.86. The second-order valence-corrected chi connectivity index (χ2v) is 7.05. The van der Waals surface area contributed by atoms with Gasteiger partial charge in [0.2, 0.25) is 11.8 Å². The van der Waals surface area contributed by atoms with Gasteiger partial charge in [0.15, 0.2) is 0 Å². The van der Waals surface area contributed by atoms with Crippen LogP contribution in [0.25, 0.3) is 0 Å². The summed E-state index contributed by atoms with van der Waals surface area (Å²) in [6.45, 7) is 2.16. The van der Waals surface area contributed by atoms with Gasteiger partial charge in [-0.2, -0.15) is 0 Å². The molecule has 0 unspecified atom stereocenters. The van der Waals surface area contributed by atoms with Gasteiger partial charge in [-0.25, -0.2) is 0 Å². The molecule has 0 bridgehead atoms. The van der Waals surface area contributed by atoms with E-state index in [9.17, 15) is 14.4 Å². The Balaban J connectivity index is 1.62. The number of nitrogens with one attached hydrogen (secondary N) is 2. The predicted molar refractivity (Wildman–Crippen MR) is 98.7 cm³/mol. The first-order chi connectivity index (χ1) is 12.5. The van der Waals surface area contributed by atoms with Crippen LogP contribution in [0.4, 0.5) is 5.69 Å². The Morgan fingerprint density at radius 3 is 2.62 bits per heavy atom. The molecule has 0 radical (unpaired) electrons. The number of carbonyl (C=O) groups excluding carboxylic acids is 3. The Morgan fingerprint density at radius 2 is 1.88 bits per heavy atom. The van der Waals surface area contributed by atoms with Crippen molar-refractivity contribution in [2.24, 2.45) is 11.7 Å². The lowest BCUT2D eigenvalue weighted by Gasteiger charge is -2.33. The van der Waals surface area contributed by atoms with Crippen molar-refractivity contribution in [2.45, 2.75) is 38.1 Å². The molecule has 0 spiro atoms. The second-order valence-electron chi connectivity index (χ2n) is 7.05. The van der Waals surface area contributed by atoms with E-state index in [2.05, 4.69) is 15.5 Å². The molecular weight excluding hydrogens is 332 g/mol. The first kappa shape index (κ1) is 18.2. The van der Waals surface area contributed by atoms with Gasteiger partial charge in [0.05, 0.1) is 5.92 Å². The normalized spacial score (nSPS) is 23.7. The lowest BCUT2D eigenvalue weighted by Crippen LogP contribution is -2.45. The summed E-state index contributed by atoms with van der Waals surface area (Å²) >= 11 is 0. The van der Waals surface area contributed by atoms with Crippen LogP contribution < -0.4 is 21.3 Å². The molecule has 26 heavy (non-hydrogen) atoms. The van der Waals surface area contributed by atoms with Crippen LogP contribution >= 0.6 is 0 Å². The number of primary amides is 1. The molecule has 0 saturated carbocycles. The number of amides is 3. The van der Waals surface area contributed by atoms with E-state index in [1.807, 2.05) is 12.1 Å². The number of benzene rings is 1.